The van der Waals surface area contributed by atoms with Crippen LogP contribution in [0.25, 0.3) is 16.9 Å². The van der Waals surface area contributed by atoms with Crippen molar-refractivity contribution in [3.05, 3.63) is 60.3 Å². The Labute approximate surface area is 232 Å². The zero-order valence-electron chi connectivity index (χ0n) is 24.1. The lowest BCUT2D eigenvalue weighted by molar-refractivity contribution is 0.0240. The first-order valence-corrected chi connectivity index (χ1v) is 13.7. The number of carbonyl (C=O) groups excluding carboxylic acids is 1. The normalized spacial score (nSPS) is 17.4. The Morgan fingerprint density at radius 3 is 2.23 bits per heavy atom. The second kappa shape index (κ2) is 12.6. The van der Waals surface area contributed by atoms with Crippen LogP contribution in [0.3, 0.4) is 0 Å². The molecule has 0 saturated carbocycles. The van der Waals surface area contributed by atoms with Gasteiger partial charge in [0.25, 0.3) is 0 Å². The van der Waals surface area contributed by atoms with Gasteiger partial charge in [0.2, 0.25) is 0 Å². The van der Waals surface area contributed by atoms with E-state index >= 15 is 0 Å². The molecule has 2 saturated heterocycles. The van der Waals surface area contributed by atoms with E-state index in [1.807, 2.05) is 50.7 Å². The smallest absolute Gasteiger partial charge is 0.410 e. The number of aromatic nitrogens is 2. The van der Waals surface area contributed by atoms with Crippen LogP contribution < -0.4 is 9.64 Å². The lowest BCUT2D eigenvalue weighted by Crippen LogP contribution is -2.50. The van der Waals surface area contributed by atoms with Crippen LogP contribution in [0, 0.1) is 12.8 Å². The molecule has 39 heavy (non-hydrogen) atoms. The van der Waals surface area contributed by atoms with E-state index < -0.39 is 5.60 Å². The number of hydrogen-bond acceptors (Lipinski definition) is 6. The van der Waals surface area contributed by atoms with Crippen molar-refractivity contribution >= 4 is 11.8 Å². The summed E-state index contributed by atoms with van der Waals surface area (Å²) in [5.74, 6) is 1.70. The third-order valence-corrected chi connectivity index (χ3v) is 6.88. The molecule has 1 aromatic heterocycles. The molecular formula is C31H42N4O4. The number of carbonyl (C=O) groups is 1. The van der Waals surface area contributed by atoms with Gasteiger partial charge in [0.1, 0.15) is 11.4 Å². The molecule has 0 spiro atoms. The van der Waals surface area contributed by atoms with Crippen LogP contribution >= 0.6 is 0 Å². The number of anilines is 1. The highest BCUT2D eigenvalue weighted by molar-refractivity contribution is 5.69. The van der Waals surface area contributed by atoms with E-state index in [9.17, 15) is 4.79 Å². The lowest BCUT2D eigenvalue weighted by Gasteiger charge is -2.36. The third-order valence-electron chi connectivity index (χ3n) is 6.88. The molecule has 1 unspecified atom stereocenters. The molecule has 1 amide bonds. The maximum atomic E-state index is 12.3. The van der Waals surface area contributed by atoms with Crippen molar-refractivity contribution in [3.8, 4) is 22.7 Å². The first-order chi connectivity index (χ1) is 18.6. The second-order valence-corrected chi connectivity index (χ2v) is 11.3. The minimum Gasteiger partial charge on any atom is -0.496 e. The van der Waals surface area contributed by atoms with Crippen molar-refractivity contribution in [1.29, 1.82) is 0 Å². The number of piperazine rings is 1. The molecule has 2 fully saturated rings. The molecule has 3 aromatic rings. The van der Waals surface area contributed by atoms with Crippen molar-refractivity contribution in [2.24, 2.45) is 5.92 Å². The van der Waals surface area contributed by atoms with Gasteiger partial charge in [-0.25, -0.2) is 9.48 Å². The standard InChI is InChI=1S/C26H32N4O3.C5H10O/c1-19-18-20(6-11-24(19)32-5)23-12-13-27-30(23)22-9-7-21(8-10-22)28-14-16-29(17-15-28)25(31)33-26(2,3)4;1-5-2-3-6-4-5/h6-13,18H,14-17H2,1-5H3;5H,2-4H2,1H3. The summed E-state index contributed by atoms with van der Waals surface area (Å²) in [6.45, 7) is 14.8. The Morgan fingerprint density at radius 1 is 1.00 bits per heavy atom. The number of aryl methyl sites for hydroxylation is 1. The van der Waals surface area contributed by atoms with Gasteiger partial charge in [-0.15, -0.1) is 0 Å². The first kappa shape index (κ1) is 28.5. The number of ether oxygens (including phenoxy) is 3. The molecule has 1 atom stereocenters. The summed E-state index contributed by atoms with van der Waals surface area (Å²) in [4.78, 5) is 16.4. The summed E-state index contributed by atoms with van der Waals surface area (Å²) >= 11 is 0. The molecule has 210 valence electrons. The zero-order chi connectivity index (χ0) is 28.0. The predicted molar refractivity (Wildman–Crippen MR) is 155 cm³/mol. The monoisotopic (exact) mass is 534 g/mol. The average molecular weight is 535 g/mol. The predicted octanol–water partition coefficient (Wildman–Crippen LogP) is 5.96. The van der Waals surface area contributed by atoms with E-state index in [4.69, 9.17) is 14.2 Å². The van der Waals surface area contributed by atoms with Gasteiger partial charge in [-0.1, -0.05) is 6.92 Å². The Kier molecular flexibility index (Phi) is 9.17. The summed E-state index contributed by atoms with van der Waals surface area (Å²) < 4.78 is 17.9. The van der Waals surface area contributed by atoms with Gasteiger partial charge in [-0.05, 0) is 94.1 Å². The minimum atomic E-state index is -0.472. The molecule has 8 heteroatoms. The Bertz CT molecular complexity index is 1220. The summed E-state index contributed by atoms with van der Waals surface area (Å²) in [7, 11) is 1.69. The SMILES string of the molecule is CC1CCOC1.COc1ccc(-c2ccnn2-c2ccc(N3CCN(C(=O)OC(C)(C)C)CC3)cc2)cc1C. The number of methoxy groups -OCH3 is 1. The summed E-state index contributed by atoms with van der Waals surface area (Å²) in [5, 5.41) is 4.55. The fourth-order valence-electron chi connectivity index (χ4n) is 4.70. The second-order valence-electron chi connectivity index (χ2n) is 11.3. The Morgan fingerprint density at radius 2 is 1.69 bits per heavy atom. The van der Waals surface area contributed by atoms with Gasteiger partial charge in [-0.2, -0.15) is 5.10 Å². The fourth-order valence-corrected chi connectivity index (χ4v) is 4.70. The molecule has 0 radical (unpaired) electrons. The molecule has 5 rings (SSSR count). The Hall–Kier alpha value is -3.52. The number of amides is 1. The summed E-state index contributed by atoms with van der Waals surface area (Å²) in [6.07, 6.45) is 2.84. The molecule has 0 N–H and O–H groups in total. The summed E-state index contributed by atoms with van der Waals surface area (Å²) in [6, 6.07) is 16.6. The third kappa shape index (κ3) is 7.53. The highest BCUT2D eigenvalue weighted by Gasteiger charge is 2.26. The molecular weight excluding hydrogens is 492 g/mol. The quantitative estimate of drug-likeness (QED) is 0.412. The van der Waals surface area contributed by atoms with Crippen LogP contribution in [0.4, 0.5) is 10.5 Å². The van der Waals surface area contributed by atoms with Crippen LogP contribution in [-0.4, -0.2) is 72.9 Å². The number of hydrogen-bond donors (Lipinski definition) is 0. The highest BCUT2D eigenvalue weighted by atomic mass is 16.6. The maximum Gasteiger partial charge on any atom is 0.410 e. The molecule has 3 heterocycles. The maximum absolute atomic E-state index is 12.3. The summed E-state index contributed by atoms with van der Waals surface area (Å²) in [5.41, 5.74) is 4.87. The molecule has 2 aliphatic rings. The van der Waals surface area contributed by atoms with E-state index in [1.54, 1.807) is 12.0 Å². The van der Waals surface area contributed by atoms with Gasteiger partial charge >= 0.3 is 6.09 Å². The van der Waals surface area contributed by atoms with Gasteiger partial charge in [-0.3, -0.25) is 0 Å². The molecule has 2 aliphatic heterocycles. The van der Waals surface area contributed by atoms with Crippen LogP contribution in [0.15, 0.2) is 54.7 Å². The molecule has 0 bridgehead atoms. The topological polar surface area (TPSA) is 69.1 Å². The van der Waals surface area contributed by atoms with Crippen LogP contribution in [0.2, 0.25) is 0 Å². The molecule has 2 aromatic carbocycles. The molecule has 0 aliphatic carbocycles. The fraction of sp³-hybridized carbons (Fsp3) is 0.484. The van der Waals surface area contributed by atoms with E-state index in [0.717, 1.165) is 66.2 Å². The highest BCUT2D eigenvalue weighted by Crippen LogP contribution is 2.28. The van der Waals surface area contributed by atoms with Crippen molar-refractivity contribution in [2.45, 2.75) is 46.6 Å². The van der Waals surface area contributed by atoms with Crippen molar-refractivity contribution in [2.75, 3.05) is 51.4 Å². The van der Waals surface area contributed by atoms with Gasteiger partial charge < -0.3 is 24.0 Å². The molecule has 8 nitrogen and oxygen atoms in total. The lowest BCUT2D eigenvalue weighted by atomic mass is 10.1. The van der Waals surface area contributed by atoms with Crippen LogP contribution in [0.1, 0.15) is 39.7 Å². The van der Waals surface area contributed by atoms with Crippen LogP contribution in [-0.2, 0) is 9.47 Å². The van der Waals surface area contributed by atoms with Crippen LogP contribution in [0.5, 0.6) is 5.75 Å². The van der Waals surface area contributed by atoms with E-state index in [1.165, 1.54) is 6.42 Å². The largest absolute Gasteiger partial charge is 0.496 e. The minimum absolute atomic E-state index is 0.238. The van der Waals surface area contributed by atoms with Crippen molar-refractivity contribution in [3.63, 3.8) is 0 Å². The number of rotatable bonds is 4. The van der Waals surface area contributed by atoms with E-state index in [0.29, 0.717) is 13.1 Å². The zero-order valence-corrected chi connectivity index (χ0v) is 24.1. The number of nitrogens with zero attached hydrogens (tertiary/aromatic N) is 4. The Balaban J connectivity index is 0.000000519. The average Bonchev–Trinajstić information content (AvgIpc) is 3.60. The van der Waals surface area contributed by atoms with Crippen molar-refractivity contribution in [1.82, 2.24) is 14.7 Å². The van der Waals surface area contributed by atoms with E-state index in [2.05, 4.69) is 53.3 Å². The van der Waals surface area contributed by atoms with E-state index in [-0.39, 0.29) is 6.09 Å². The first-order valence-electron chi connectivity index (χ1n) is 13.7. The van der Waals surface area contributed by atoms with Gasteiger partial charge in [0.15, 0.2) is 0 Å². The van der Waals surface area contributed by atoms with Gasteiger partial charge in [0.05, 0.1) is 24.7 Å². The van der Waals surface area contributed by atoms with Crippen molar-refractivity contribution < 1.29 is 19.0 Å². The number of benzene rings is 2. The van der Waals surface area contributed by atoms with Gasteiger partial charge in [0, 0.05) is 50.6 Å².